The van der Waals surface area contributed by atoms with Crippen molar-refractivity contribution < 1.29 is 27.3 Å². The van der Waals surface area contributed by atoms with Gasteiger partial charge in [-0.15, -0.1) is 0 Å². The number of hydrogen-bond donors (Lipinski definition) is 1. The molecule has 0 unspecified atom stereocenters. The molecule has 1 aromatic carbocycles. The van der Waals surface area contributed by atoms with Crippen LogP contribution in [0.5, 0.6) is 0 Å². The van der Waals surface area contributed by atoms with Gasteiger partial charge in [0.2, 0.25) is 0 Å². The second kappa shape index (κ2) is 6.78. The summed E-state index contributed by atoms with van der Waals surface area (Å²) in [5.74, 6) is -2.07. The maximum Gasteiger partial charge on any atom is 0.294 e. The first-order valence-electron chi connectivity index (χ1n) is 5.47. The van der Waals surface area contributed by atoms with Crippen molar-refractivity contribution in [3.05, 3.63) is 28.1 Å². The zero-order valence-electron chi connectivity index (χ0n) is 10.6. The summed E-state index contributed by atoms with van der Waals surface area (Å²) in [6.07, 6.45) is 0. The minimum atomic E-state index is -4.49. The highest BCUT2D eigenvalue weighted by Gasteiger charge is 2.25. The number of nitrogens with one attached hydrogen (secondary N) is 1. The third-order valence-corrected chi connectivity index (χ3v) is 3.56. The summed E-state index contributed by atoms with van der Waals surface area (Å²) in [7, 11) is 0.476. The van der Waals surface area contributed by atoms with Crippen LogP contribution in [0.25, 0.3) is 0 Å². The van der Waals surface area contributed by atoms with Gasteiger partial charge >= 0.3 is 0 Å². The lowest BCUT2D eigenvalue weighted by Gasteiger charge is -2.08. The second-order valence-electron chi connectivity index (χ2n) is 3.68. The van der Waals surface area contributed by atoms with Gasteiger partial charge in [-0.25, -0.2) is 12.8 Å². The van der Waals surface area contributed by atoms with Gasteiger partial charge < -0.3 is 10.1 Å². The van der Waals surface area contributed by atoms with E-state index in [0.717, 1.165) is 0 Å². The summed E-state index contributed by atoms with van der Waals surface area (Å²) in [5.41, 5.74) is -1.30. The van der Waals surface area contributed by atoms with E-state index in [1.165, 1.54) is 0 Å². The fraction of sp³-hybridized carbons (Fsp3) is 0.300. The van der Waals surface area contributed by atoms with Crippen molar-refractivity contribution in [1.82, 2.24) is 0 Å². The van der Waals surface area contributed by atoms with Gasteiger partial charge in [-0.3, -0.25) is 14.9 Å². The Hall–Kier alpha value is -1.78. The van der Waals surface area contributed by atoms with E-state index in [9.17, 15) is 27.7 Å². The number of rotatable bonds is 6. The molecule has 0 aliphatic rings. The predicted octanol–water partition coefficient (Wildman–Crippen LogP) is 1.64. The molecule has 0 aliphatic heterocycles. The van der Waals surface area contributed by atoms with Gasteiger partial charge in [-0.05, 0) is 6.92 Å². The van der Waals surface area contributed by atoms with Crippen LogP contribution in [0.15, 0.2) is 17.0 Å². The monoisotopic (exact) mass is 340 g/mol. The van der Waals surface area contributed by atoms with Crippen LogP contribution in [-0.2, 0) is 18.6 Å². The summed E-state index contributed by atoms with van der Waals surface area (Å²) in [6.45, 7) is 1.49. The maximum absolute atomic E-state index is 13.6. The van der Waals surface area contributed by atoms with E-state index in [-0.39, 0.29) is 13.2 Å². The van der Waals surface area contributed by atoms with Gasteiger partial charge in [-0.1, -0.05) is 0 Å². The lowest BCUT2D eigenvalue weighted by atomic mass is 10.2. The highest BCUT2D eigenvalue weighted by molar-refractivity contribution is 8.13. The van der Waals surface area contributed by atoms with E-state index in [0.29, 0.717) is 12.1 Å². The van der Waals surface area contributed by atoms with Crippen molar-refractivity contribution >= 4 is 37.0 Å². The van der Waals surface area contributed by atoms with Crippen LogP contribution in [0.3, 0.4) is 0 Å². The average Bonchev–Trinajstić information content (AvgIpc) is 2.34. The molecule has 21 heavy (non-hydrogen) atoms. The van der Waals surface area contributed by atoms with Crippen LogP contribution < -0.4 is 5.32 Å². The molecular formula is C10H10ClFN2O6S. The molecule has 0 radical (unpaired) electrons. The molecule has 0 atom stereocenters. The lowest BCUT2D eigenvalue weighted by Crippen LogP contribution is -2.19. The topological polar surface area (TPSA) is 116 Å². The molecular weight excluding hydrogens is 331 g/mol. The Morgan fingerprint density at radius 2 is 2.14 bits per heavy atom. The molecule has 0 heterocycles. The normalized spacial score (nSPS) is 11.2. The van der Waals surface area contributed by atoms with E-state index in [4.69, 9.17) is 15.4 Å². The number of nitro groups is 1. The van der Waals surface area contributed by atoms with Gasteiger partial charge in [0.05, 0.1) is 4.92 Å². The molecule has 0 saturated carbocycles. The second-order valence-corrected chi connectivity index (χ2v) is 6.21. The molecule has 116 valence electrons. The summed E-state index contributed by atoms with van der Waals surface area (Å²) < 4.78 is 40.6. The van der Waals surface area contributed by atoms with Gasteiger partial charge in [0.1, 0.15) is 23.0 Å². The smallest absolute Gasteiger partial charge is 0.294 e. The number of nitrogens with zero attached hydrogens (tertiary/aromatic N) is 1. The molecule has 0 aromatic heterocycles. The molecule has 1 amide bonds. The van der Waals surface area contributed by atoms with E-state index < -0.39 is 42.0 Å². The van der Waals surface area contributed by atoms with E-state index in [2.05, 4.69) is 5.32 Å². The fourth-order valence-corrected chi connectivity index (χ4v) is 2.26. The number of halogens is 2. The third kappa shape index (κ3) is 4.62. The number of anilines is 1. The lowest BCUT2D eigenvalue weighted by molar-refractivity contribution is -0.384. The summed E-state index contributed by atoms with van der Waals surface area (Å²) >= 11 is 0. The molecule has 1 aromatic rings. The van der Waals surface area contributed by atoms with Gasteiger partial charge in [0.15, 0.2) is 0 Å². The number of ether oxygens (including phenoxy) is 1. The molecule has 0 fully saturated rings. The standard InChI is InChI=1S/C10H10ClFN2O6S/c1-2-20-5-10(15)13-7-3-6(12)9(21(11,18)19)4-8(7)14(16)17/h3-4H,2,5H2,1H3,(H,13,15). The van der Waals surface area contributed by atoms with Gasteiger partial charge in [-0.2, -0.15) is 0 Å². The van der Waals surface area contributed by atoms with Crippen LogP contribution in [0, 0.1) is 15.9 Å². The number of amides is 1. The Kier molecular flexibility index (Phi) is 5.58. The van der Waals surface area contributed by atoms with Crippen molar-refractivity contribution in [3.8, 4) is 0 Å². The third-order valence-electron chi connectivity index (χ3n) is 2.22. The quantitative estimate of drug-likeness (QED) is 0.478. The Labute approximate surface area is 123 Å². The SMILES string of the molecule is CCOCC(=O)Nc1cc(F)c(S(=O)(=O)Cl)cc1[N+](=O)[O-]. The van der Waals surface area contributed by atoms with Crippen LogP contribution in [0.4, 0.5) is 15.8 Å². The van der Waals surface area contributed by atoms with Gasteiger partial charge in [0.25, 0.3) is 20.6 Å². The summed E-state index contributed by atoms with van der Waals surface area (Å²) in [5, 5.41) is 12.9. The zero-order chi connectivity index (χ0) is 16.2. The van der Waals surface area contributed by atoms with Gasteiger partial charge in [0, 0.05) is 29.4 Å². The predicted molar refractivity (Wildman–Crippen MR) is 71.2 cm³/mol. The van der Waals surface area contributed by atoms with E-state index >= 15 is 0 Å². The summed E-state index contributed by atoms with van der Waals surface area (Å²) in [4.78, 5) is 20.3. The summed E-state index contributed by atoms with van der Waals surface area (Å²) in [6, 6.07) is 0.950. The van der Waals surface area contributed by atoms with Crippen LogP contribution in [-0.4, -0.2) is 32.5 Å². The number of hydrogen-bond acceptors (Lipinski definition) is 6. The van der Waals surface area contributed by atoms with Crippen LogP contribution >= 0.6 is 10.7 Å². The van der Waals surface area contributed by atoms with Crippen molar-refractivity contribution in [3.63, 3.8) is 0 Å². The van der Waals surface area contributed by atoms with Crippen molar-refractivity contribution in [2.24, 2.45) is 0 Å². The molecule has 0 bridgehead atoms. The van der Waals surface area contributed by atoms with E-state index in [1.807, 2.05) is 0 Å². The molecule has 8 nitrogen and oxygen atoms in total. The van der Waals surface area contributed by atoms with Crippen LogP contribution in [0.1, 0.15) is 6.92 Å². The Bertz CT molecular complexity index is 678. The molecule has 1 rings (SSSR count). The number of carbonyl (C=O) groups is 1. The van der Waals surface area contributed by atoms with E-state index in [1.54, 1.807) is 6.92 Å². The molecule has 0 spiro atoms. The molecule has 1 N–H and O–H groups in total. The number of benzene rings is 1. The minimum absolute atomic E-state index is 0.243. The fourth-order valence-electron chi connectivity index (χ4n) is 1.36. The first-order chi connectivity index (χ1) is 9.66. The Balaban J connectivity index is 3.24. The van der Waals surface area contributed by atoms with Crippen LogP contribution in [0.2, 0.25) is 0 Å². The highest BCUT2D eigenvalue weighted by Crippen LogP contribution is 2.31. The van der Waals surface area contributed by atoms with Crippen molar-refractivity contribution in [1.29, 1.82) is 0 Å². The van der Waals surface area contributed by atoms with Crippen molar-refractivity contribution in [2.75, 3.05) is 18.5 Å². The maximum atomic E-state index is 13.6. The number of nitro benzene ring substituents is 1. The highest BCUT2D eigenvalue weighted by atomic mass is 35.7. The molecule has 11 heteroatoms. The first kappa shape index (κ1) is 17.3. The zero-order valence-corrected chi connectivity index (χ0v) is 12.2. The minimum Gasteiger partial charge on any atom is -0.372 e. The Morgan fingerprint density at radius 1 is 1.52 bits per heavy atom. The first-order valence-corrected chi connectivity index (χ1v) is 7.78. The average molecular weight is 341 g/mol. The largest absolute Gasteiger partial charge is 0.372 e. The van der Waals surface area contributed by atoms with Crippen molar-refractivity contribution in [2.45, 2.75) is 11.8 Å². The number of carbonyl (C=O) groups excluding carboxylic acids is 1. The molecule has 0 saturated heterocycles. The molecule has 0 aliphatic carbocycles. The Morgan fingerprint density at radius 3 is 2.62 bits per heavy atom.